The number of anilines is 1. The summed E-state index contributed by atoms with van der Waals surface area (Å²) in [5.41, 5.74) is 4.48. The van der Waals surface area contributed by atoms with E-state index in [1.54, 1.807) is 55.9 Å². The number of hydrogen-bond donors (Lipinski definition) is 0. The molecule has 0 bridgehead atoms. The van der Waals surface area contributed by atoms with Gasteiger partial charge >= 0.3 is 5.76 Å². The number of fused-ring (bicyclic) bond motifs is 1. The quantitative estimate of drug-likeness (QED) is 0.167. The smallest absolute Gasteiger partial charge is 0.408 e. The molecule has 0 saturated heterocycles. The molecular formula is C29H29N3O7S. The van der Waals surface area contributed by atoms with Crippen molar-refractivity contribution in [2.75, 3.05) is 31.4 Å². The van der Waals surface area contributed by atoms with E-state index < -0.39 is 15.8 Å². The highest BCUT2D eigenvalue weighted by Gasteiger charge is 2.32. The van der Waals surface area contributed by atoms with E-state index in [-0.39, 0.29) is 24.1 Å². The van der Waals surface area contributed by atoms with Crippen molar-refractivity contribution in [1.82, 2.24) is 9.72 Å². The standard InChI is InChI=1S/C29H29N3O7S/c1-20-21(2)30-39-28(20)32(19-37-17-16-36-3)40(34,35)27-11-7-4-8-24(27)23-14-12-22(13-15-23)18-31-25-9-5-6-10-26(25)38-29(31)33/h4-15H,16-19H2,1-3H3. The van der Waals surface area contributed by atoms with Crippen LogP contribution < -0.4 is 10.1 Å². The number of rotatable bonds is 11. The largest absolute Gasteiger partial charge is 0.420 e. The monoisotopic (exact) mass is 563 g/mol. The van der Waals surface area contributed by atoms with Gasteiger partial charge in [-0.1, -0.05) is 59.8 Å². The summed E-state index contributed by atoms with van der Waals surface area (Å²) in [5, 5.41) is 3.94. The fraction of sp³-hybridized carbons (Fsp3) is 0.241. The minimum Gasteiger partial charge on any atom is -0.408 e. The van der Waals surface area contributed by atoms with E-state index in [1.165, 1.54) is 0 Å². The molecule has 0 N–H and O–H groups in total. The van der Waals surface area contributed by atoms with Crippen LogP contribution in [-0.4, -0.2) is 45.2 Å². The Morgan fingerprint density at radius 1 is 0.950 bits per heavy atom. The lowest BCUT2D eigenvalue weighted by Gasteiger charge is -2.23. The molecule has 3 aromatic carbocycles. The van der Waals surface area contributed by atoms with Gasteiger partial charge in [0, 0.05) is 18.2 Å². The number of aromatic nitrogens is 2. The molecule has 0 atom stereocenters. The third kappa shape index (κ3) is 5.31. The molecule has 5 rings (SSSR count). The number of para-hydroxylation sites is 2. The number of benzene rings is 3. The first-order chi connectivity index (χ1) is 19.3. The predicted molar refractivity (Wildman–Crippen MR) is 150 cm³/mol. The molecule has 2 aromatic heterocycles. The molecular weight excluding hydrogens is 534 g/mol. The van der Waals surface area contributed by atoms with Gasteiger partial charge in [0.2, 0.25) is 5.88 Å². The maximum absolute atomic E-state index is 14.1. The van der Waals surface area contributed by atoms with Crippen molar-refractivity contribution in [2.24, 2.45) is 0 Å². The van der Waals surface area contributed by atoms with Crippen LogP contribution in [0.15, 0.2) is 91.4 Å². The van der Waals surface area contributed by atoms with E-state index in [0.29, 0.717) is 46.6 Å². The third-order valence-electron chi connectivity index (χ3n) is 6.63. The summed E-state index contributed by atoms with van der Waals surface area (Å²) in [7, 11) is -2.59. The third-order valence-corrected chi connectivity index (χ3v) is 8.40. The highest BCUT2D eigenvalue weighted by atomic mass is 32.2. The molecule has 10 nitrogen and oxygen atoms in total. The second-order valence-electron chi connectivity index (χ2n) is 9.20. The Bertz CT molecular complexity index is 1790. The maximum Gasteiger partial charge on any atom is 0.420 e. The summed E-state index contributed by atoms with van der Waals surface area (Å²) in [6.45, 7) is 4.04. The Hall–Kier alpha value is -4.19. The van der Waals surface area contributed by atoms with E-state index >= 15 is 0 Å². The molecule has 2 heterocycles. The second kappa shape index (κ2) is 11.5. The molecule has 208 valence electrons. The molecule has 40 heavy (non-hydrogen) atoms. The Morgan fingerprint density at radius 3 is 2.40 bits per heavy atom. The van der Waals surface area contributed by atoms with Crippen molar-refractivity contribution >= 4 is 27.0 Å². The van der Waals surface area contributed by atoms with Crippen LogP contribution in [0.25, 0.3) is 22.2 Å². The van der Waals surface area contributed by atoms with Crippen molar-refractivity contribution in [3.63, 3.8) is 0 Å². The van der Waals surface area contributed by atoms with Crippen molar-refractivity contribution in [3.8, 4) is 11.1 Å². The van der Waals surface area contributed by atoms with Crippen LogP contribution in [0.3, 0.4) is 0 Å². The van der Waals surface area contributed by atoms with Gasteiger partial charge in [-0.25, -0.2) is 17.5 Å². The van der Waals surface area contributed by atoms with Gasteiger partial charge in [0.25, 0.3) is 10.0 Å². The molecule has 0 aliphatic heterocycles. The lowest BCUT2D eigenvalue weighted by molar-refractivity contribution is 0.0744. The first-order valence-electron chi connectivity index (χ1n) is 12.6. The summed E-state index contributed by atoms with van der Waals surface area (Å²) >= 11 is 0. The summed E-state index contributed by atoms with van der Waals surface area (Å²) in [6.07, 6.45) is 0. The first kappa shape index (κ1) is 27.4. The number of hydrogen-bond acceptors (Lipinski definition) is 8. The Morgan fingerprint density at radius 2 is 1.68 bits per heavy atom. The van der Waals surface area contributed by atoms with Gasteiger partial charge < -0.3 is 18.4 Å². The van der Waals surface area contributed by atoms with E-state index in [9.17, 15) is 13.2 Å². The Balaban J connectivity index is 1.48. The van der Waals surface area contributed by atoms with E-state index in [4.69, 9.17) is 18.4 Å². The van der Waals surface area contributed by atoms with Crippen molar-refractivity contribution in [3.05, 3.63) is 100 Å². The number of aryl methyl sites for hydroxylation is 1. The number of methoxy groups -OCH3 is 1. The Labute approximate surface area is 231 Å². The van der Waals surface area contributed by atoms with Crippen LogP contribution >= 0.6 is 0 Å². The topological polar surface area (TPSA) is 117 Å². The zero-order chi connectivity index (χ0) is 28.3. The molecule has 0 saturated carbocycles. The van der Waals surface area contributed by atoms with Gasteiger partial charge in [-0.2, -0.15) is 0 Å². The molecule has 11 heteroatoms. The fourth-order valence-corrected chi connectivity index (χ4v) is 5.90. The van der Waals surface area contributed by atoms with Crippen LogP contribution in [0.5, 0.6) is 0 Å². The van der Waals surface area contributed by atoms with Gasteiger partial charge in [-0.15, -0.1) is 0 Å². The van der Waals surface area contributed by atoms with Crippen LogP contribution in [0.2, 0.25) is 0 Å². The summed E-state index contributed by atoms with van der Waals surface area (Å²) in [5.74, 6) is -0.342. The highest BCUT2D eigenvalue weighted by molar-refractivity contribution is 7.93. The van der Waals surface area contributed by atoms with Gasteiger partial charge in [0.05, 0.1) is 35.9 Å². The summed E-state index contributed by atoms with van der Waals surface area (Å²) < 4.78 is 52.2. The summed E-state index contributed by atoms with van der Waals surface area (Å²) in [4.78, 5) is 12.5. The average molecular weight is 564 g/mol. The molecule has 0 radical (unpaired) electrons. The van der Waals surface area contributed by atoms with E-state index in [2.05, 4.69) is 5.16 Å². The van der Waals surface area contributed by atoms with Crippen molar-refractivity contribution in [1.29, 1.82) is 0 Å². The van der Waals surface area contributed by atoms with Crippen molar-refractivity contribution < 1.29 is 26.8 Å². The lowest BCUT2D eigenvalue weighted by atomic mass is 10.0. The molecule has 0 aliphatic rings. The maximum atomic E-state index is 14.1. The average Bonchev–Trinajstić information content (AvgIpc) is 3.46. The lowest BCUT2D eigenvalue weighted by Crippen LogP contribution is -2.34. The normalized spacial score (nSPS) is 11.8. The van der Waals surface area contributed by atoms with Gasteiger partial charge in [-0.3, -0.25) is 4.57 Å². The summed E-state index contributed by atoms with van der Waals surface area (Å²) in [6, 6.07) is 21.4. The number of sulfonamides is 1. The fourth-order valence-electron chi connectivity index (χ4n) is 4.35. The molecule has 0 amide bonds. The highest BCUT2D eigenvalue weighted by Crippen LogP contribution is 2.34. The van der Waals surface area contributed by atoms with Crippen LogP contribution in [0.4, 0.5) is 5.88 Å². The van der Waals surface area contributed by atoms with Crippen LogP contribution in [-0.2, 0) is 26.0 Å². The minimum absolute atomic E-state index is 0.0867. The number of oxazole rings is 1. The Kier molecular flexibility index (Phi) is 7.88. The van der Waals surface area contributed by atoms with Crippen molar-refractivity contribution in [2.45, 2.75) is 25.3 Å². The van der Waals surface area contributed by atoms with Gasteiger partial charge in [-0.05, 0) is 43.2 Å². The molecule has 5 aromatic rings. The minimum atomic E-state index is -4.13. The molecule has 0 fully saturated rings. The SMILES string of the molecule is COCCOCN(c1onc(C)c1C)S(=O)(=O)c1ccccc1-c1ccc(Cn2c(=O)oc3ccccc32)cc1. The molecule has 0 aliphatic carbocycles. The zero-order valence-electron chi connectivity index (χ0n) is 22.4. The molecule has 0 spiro atoms. The molecule has 0 unspecified atom stereocenters. The van der Waals surface area contributed by atoms with Crippen LogP contribution in [0, 0.1) is 13.8 Å². The van der Waals surface area contributed by atoms with Gasteiger partial charge in [0.1, 0.15) is 6.73 Å². The second-order valence-corrected chi connectivity index (χ2v) is 11.0. The first-order valence-corrected chi connectivity index (χ1v) is 14.0. The van der Waals surface area contributed by atoms with E-state index in [0.717, 1.165) is 9.87 Å². The van der Waals surface area contributed by atoms with Crippen LogP contribution in [0.1, 0.15) is 16.8 Å². The number of ether oxygens (including phenoxy) is 2. The van der Waals surface area contributed by atoms with Gasteiger partial charge in [0.15, 0.2) is 5.58 Å². The zero-order valence-corrected chi connectivity index (χ0v) is 23.2. The van der Waals surface area contributed by atoms with E-state index in [1.807, 2.05) is 42.5 Å². The predicted octanol–water partition coefficient (Wildman–Crippen LogP) is 4.73. The number of nitrogens with zero attached hydrogens (tertiary/aromatic N) is 3.